The minimum absolute atomic E-state index is 0. The van der Waals surface area contributed by atoms with Crippen LogP contribution in [0.2, 0.25) is 0 Å². The van der Waals surface area contributed by atoms with E-state index < -0.39 is 6.16 Å². The van der Waals surface area contributed by atoms with Gasteiger partial charge < -0.3 is 5.11 Å². The van der Waals surface area contributed by atoms with Crippen molar-refractivity contribution in [3.63, 3.8) is 0 Å². The van der Waals surface area contributed by atoms with Crippen molar-refractivity contribution < 1.29 is 25.1 Å². The number of hydrogen-bond acceptors (Lipinski definition) is 4. The molecule has 0 aromatic rings. The number of rotatable bonds is 1. The lowest BCUT2D eigenvalue weighted by atomic mass is 11.4. The largest absolute Gasteiger partial charge is 0.540 e. The summed E-state index contributed by atoms with van der Waals surface area (Å²) >= 11 is 0. The Labute approximate surface area is 49.4 Å². The van der Waals surface area contributed by atoms with Gasteiger partial charge in [0.1, 0.15) is 0 Å². The van der Waals surface area contributed by atoms with E-state index in [0.29, 0.717) is 0 Å². The first kappa shape index (κ1) is 9.87. The first-order chi connectivity index (χ1) is 2.77. The van der Waals surface area contributed by atoms with E-state index in [-0.39, 0.29) is 17.4 Å². The van der Waals surface area contributed by atoms with Gasteiger partial charge in [0.05, 0.1) is 0 Å². The molecule has 0 saturated heterocycles. The van der Waals surface area contributed by atoms with Gasteiger partial charge in [0, 0.05) is 0 Å². The molecule has 42 valence electrons. The summed E-state index contributed by atoms with van der Waals surface area (Å²) in [7, 11) is 0. The van der Waals surface area contributed by atoms with Crippen LogP contribution in [0, 0.1) is 0 Å². The van der Waals surface area contributed by atoms with E-state index >= 15 is 0 Å². The third-order valence-electron chi connectivity index (χ3n) is 0.109. The monoisotopic (exact) mass is 124 g/mol. The number of hydrogen-bond donors (Lipinski definition) is 2. The average Bonchev–Trinajstić information content (AvgIpc) is 1.35. The molecule has 0 fully saturated rings. The van der Waals surface area contributed by atoms with Crippen LogP contribution in [-0.4, -0.2) is 33.9 Å². The predicted molar refractivity (Wildman–Crippen MR) is 22.8 cm³/mol. The lowest BCUT2D eigenvalue weighted by molar-refractivity contribution is -0.460. The molecule has 0 aromatic carbocycles. The lowest BCUT2D eigenvalue weighted by Crippen LogP contribution is -1.96. The van der Waals surface area contributed by atoms with Gasteiger partial charge >= 0.3 is 6.16 Å². The van der Waals surface area contributed by atoms with Crippen molar-refractivity contribution in [3.05, 3.63) is 0 Å². The van der Waals surface area contributed by atoms with Crippen molar-refractivity contribution >= 4 is 23.5 Å². The summed E-state index contributed by atoms with van der Waals surface area (Å²) in [5.74, 6) is 0. The van der Waals surface area contributed by atoms with Crippen LogP contribution in [0.4, 0.5) is 4.79 Å². The van der Waals surface area contributed by atoms with E-state index in [0.717, 1.165) is 0 Å². The molecule has 0 amide bonds. The number of carboxylic acid groups (broad SMARTS) is 1. The van der Waals surface area contributed by atoms with E-state index in [1.165, 1.54) is 0 Å². The fourth-order valence-corrected chi connectivity index (χ4v) is 0.0319. The van der Waals surface area contributed by atoms with Crippen LogP contribution in [0.5, 0.6) is 0 Å². The zero-order valence-corrected chi connectivity index (χ0v) is 2.62. The highest BCUT2D eigenvalue weighted by molar-refractivity contribution is 5.75. The molecule has 0 aromatic heterocycles. The zero-order chi connectivity index (χ0) is 4.99. The van der Waals surface area contributed by atoms with Gasteiger partial charge in [-0.15, -0.1) is 0 Å². The van der Waals surface area contributed by atoms with Crippen molar-refractivity contribution in [1.29, 1.82) is 0 Å². The molecule has 0 aliphatic rings. The van der Waals surface area contributed by atoms with Crippen LogP contribution < -0.4 is 0 Å². The minimum Gasteiger partial charge on any atom is -0.448 e. The van der Waals surface area contributed by atoms with Crippen LogP contribution in [0.15, 0.2) is 0 Å². The summed E-state index contributed by atoms with van der Waals surface area (Å²) in [6.45, 7) is 0. The Balaban J connectivity index is 0. The zero-order valence-electron chi connectivity index (χ0n) is 2.62. The van der Waals surface area contributed by atoms with Gasteiger partial charge in [0.25, 0.3) is 0 Å². The maximum atomic E-state index is 9.09. The van der Waals surface area contributed by atoms with Gasteiger partial charge in [-0.3, -0.25) is 0 Å². The van der Waals surface area contributed by atoms with Crippen LogP contribution in [-0.2, 0) is 9.93 Å². The molecule has 2 N–H and O–H groups in total. The molecule has 0 saturated carbocycles. The third-order valence-corrected chi connectivity index (χ3v) is 0.109. The van der Waals surface area contributed by atoms with Gasteiger partial charge in [-0.1, -0.05) is 0 Å². The van der Waals surface area contributed by atoms with Gasteiger partial charge in [-0.25, -0.2) is 14.9 Å². The van der Waals surface area contributed by atoms with Gasteiger partial charge in [0.15, 0.2) is 17.4 Å². The second-order valence-corrected chi connectivity index (χ2v) is 0.424. The van der Waals surface area contributed by atoms with Crippen molar-refractivity contribution in [2.45, 2.75) is 0 Å². The quantitative estimate of drug-likeness (QED) is 0.263. The van der Waals surface area contributed by atoms with E-state index in [1.807, 2.05) is 0 Å². The van der Waals surface area contributed by atoms with Crippen LogP contribution in [0.1, 0.15) is 0 Å². The molecule has 0 unspecified atom stereocenters. The Morgan fingerprint density at radius 1 is 1.57 bits per heavy atom. The Kier molecular flexibility index (Phi) is 8.07. The van der Waals surface area contributed by atoms with E-state index in [1.54, 1.807) is 0 Å². The molecule has 0 atom stereocenters. The van der Waals surface area contributed by atoms with Crippen LogP contribution in [0.25, 0.3) is 0 Å². The molecule has 0 aliphatic carbocycles. The molecule has 5 nitrogen and oxygen atoms in total. The molecule has 0 bridgehead atoms. The van der Waals surface area contributed by atoms with Gasteiger partial charge in [-0.2, -0.15) is 0 Å². The van der Waals surface area contributed by atoms with Crippen molar-refractivity contribution in [2.24, 2.45) is 0 Å². The fourth-order valence-electron chi connectivity index (χ4n) is 0.0319. The average molecular weight is 124 g/mol. The van der Waals surface area contributed by atoms with Crippen molar-refractivity contribution in [1.82, 2.24) is 0 Å². The molecule has 6 heteroatoms. The fraction of sp³-hybridized carbons (Fsp3) is 0. The molecule has 0 aliphatic heterocycles. The van der Waals surface area contributed by atoms with E-state index in [9.17, 15) is 0 Å². The summed E-state index contributed by atoms with van der Waals surface area (Å²) in [5.41, 5.74) is 0. The second kappa shape index (κ2) is 5.72. The standard InChI is InChI=1S/CH2O5.Al.3H/c2-1(3)5-6-4;;;;/h4H,(H,2,3);;;;. The highest BCUT2D eigenvalue weighted by atomic mass is 27.0. The SMILES string of the molecule is O=C(O)OOO.[AlH3]. The molecule has 7 heavy (non-hydrogen) atoms. The molecular formula is CH5AlO5. The van der Waals surface area contributed by atoms with Crippen molar-refractivity contribution in [2.75, 3.05) is 0 Å². The molecule has 0 rings (SSSR count). The Bertz CT molecular complexity index is 52.0. The Morgan fingerprint density at radius 3 is 2.00 bits per heavy atom. The maximum Gasteiger partial charge on any atom is 0.540 e. The first-order valence-corrected chi connectivity index (χ1v) is 0.981. The van der Waals surface area contributed by atoms with Crippen LogP contribution >= 0.6 is 0 Å². The molecular weight excluding hydrogens is 119 g/mol. The molecule has 0 spiro atoms. The normalized spacial score (nSPS) is 6.43. The Morgan fingerprint density at radius 2 is 2.00 bits per heavy atom. The topological polar surface area (TPSA) is 76.0 Å². The van der Waals surface area contributed by atoms with E-state index in [4.69, 9.17) is 15.2 Å². The molecule has 0 heterocycles. The summed E-state index contributed by atoms with van der Waals surface area (Å²) < 4.78 is 0. The van der Waals surface area contributed by atoms with E-state index in [2.05, 4.69) is 9.93 Å². The Hall–Kier alpha value is -0.278. The predicted octanol–water partition coefficient (Wildman–Crippen LogP) is -1.10. The highest BCUT2D eigenvalue weighted by Crippen LogP contribution is 1.69. The summed E-state index contributed by atoms with van der Waals surface area (Å²) in [5, 5.41) is 17.2. The summed E-state index contributed by atoms with van der Waals surface area (Å²) in [6.07, 6.45) is -1.68. The minimum atomic E-state index is -1.68. The second-order valence-electron chi connectivity index (χ2n) is 0.424. The van der Waals surface area contributed by atoms with Crippen molar-refractivity contribution in [3.8, 4) is 0 Å². The van der Waals surface area contributed by atoms with Gasteiger partial charge in [0.2, 0.25) is 0 Å². The maximum absolute atomic E-state index is 9.09. The smallest absolute Gasteiger partial charge is 0.448 e. The third kappa shape index (κ3) is 10.7. The lowest BCUT2D eigenvalue weighted by Gasteiger charge is -1.82. The molecule has 0 radical (unpaired) electrons. The number of carbonyl (C=O) groups is 1. The first-order valence-electron chi connectivity index (χ1n) is 0.981. The summed E-state index contributed by atoms with van der Waals surface area (Å²) in [6, 6.07) is 0. The highest BCUT2D eigenvalue weighted by Gasteiger charge is 1.90. The van der Waals surface area contributed by atoms with Crippen LogP contribution in [0.3, 0.4) is 0 Å². The van der Waals surface area contributed by atoms with Gasteiger partial charge in [-0.05, 0) is 5.04 Å². The summed E-state index contributed by atoms with van der Waals surface area (Å²) in [4.78, 5) is 12.1.